The van der Waals surface area contributed by atoms with E-state index in [4.69, 9.17) is 9.47 Å². The van der Waals surface area contributed by atoms with E-state index in [-0.39, 0.29) is 17.8 Å². The number of ether oxygens (including phenoxy) is 2. The second-order valence-corrected chi connectivity index (χ2v) is 9.04. The van der Waals surface area contributed by atoms with E-state index >= 15 is 0 Å². The van der Waals surface area contributed by atoms with Crippen LogP contribution in [0, 0.1) is 11.8 Å². The zero-order valence-electron chi connectivity index (χ0n) is 18.5. The molecule has 1 aliphatic carbocycles. The maximum absolute atomic E-state index is 13.6. The SMILES string of the molecule is CC[C@@H](C)OC(=O)C1=C(C)NC2=C(C(=O)[C@H](C(=O)OC)[C@H](C)C2)[C@H]1c1ccccc1Br. The van der Waals surface area contributed by atoms with Crippen molar-refractivity contribution in [1.29, 1.82) is 0 Å². The number of nitrogens with one attached hydrogen (secondary N) is 1. The highest BCUT2D eigenvalue weighted by molar-refractivity contribution is 9.10. The smallest absolute Gasteiger partial charge is 0.337 e. The van der Waals surface area contributed by atoms with E-state index in [1.807, 2.05) is 52.0 Å². The van der Waals surface area contributed by atoms with E-state index in [1.165, 1.54) is 7.11 Å². The molecule has 1 aromatic rings. The van der Waals surface area contributed by atoms with Crippen LogP contribution in [0.3, 0.4) is 0 Å². The van der Waals surface area contributed by atoms with Crippen LogP contribution in [0.15, 0.2) is 51.3 Å². The van der Waals surface area contributed by atoms with Gasteiger partial charge in [-0.15, -0.1) is 0 Å². The van der Waals surface area contributed by atoms with Crippen molar-refractivity contribution in [2.24, 2.45) is 11.8 Å². The Bertz CT molecular complexity index is 980. The minimum absolute atomic E-state index is 0.215. The van der Waals surface area contributed by atoms with E-state index in [2.05, 4.69) is 21.2 Å². The predicted molar refractivity (Wildman–Crippen MR) is 120 cm³/mol. The Hall–Kier alpha value is -2.41. The molecule has 0 unspecified atom stereocenters. The molecule has 0 bridgehead atoms. The number of rotatable bonds is 5. The van der Waals surface area contributed by atoms with Crippen LogP contribution >= 0.6 is 15.9 Å². The molecular formula is C24H28BrNO5. The van der Waals surface area contributed by atoms with Crippen LogP contribution in [0.1, 0.15) is 52.0 Å². The molecule has 6 nitrogen and oxygen atoms in total. The number of dihydropyridines is 1. The van der Waals surface area contributed by atoms with Crippen LogP contribution in [0.5, 0.6) is 0 Å². The Labute approximate surface area is 191 Å². The second kappa shape index (κ2) is 9.39. The van der Waals surface area contributed by atoms with Gasteiger partial charge in [-0.05, 0) is 44.2 Å². The van der Waals surface area contributed by atoms with Gasteiger partial charge in [0.15, 0.2) is 5.78 Å². The molecule has 4 atom stereocenters. The van der Waals surface area contributed by atoms with Crippen molar-refractivity contribution in [1.82, 2.24) is 5.32 Å². The third kappa shape index (κ3) is 4.33. The molecule has 0 fully saturated rings. The highest BCUT2D eigenvalue weighted by atomic mass is 79.9. The summed E-state index contributed by atoms with van der Waals surface area (Å²) in [4.78, 5) is 39.3. The van der Waals surface area contributed by atoms with Gasteiger partial charge >= 0.3 is 11.9 Å². The highest BCUT2D eigenvalue weighted by Crippen LogP contribution is 2.47. The molecule has 0 amide bonds. The first kappa shape index (κ1) is 23.3. The van der Waals surface area contributed by atoms with Crippen molar-refractivity contribution < 1.29 is 23.9 Å². The summed E-state index contributed by atoms with van der Waals surface area (Å²) in [6, 6.07) is 7.49. The summed E-state index contributed by atoms with van der Waals surface area (Å²) >= 11 is 3.58. The number of carbonyl (C=O) groups is 3. The molecule has 31 heavy (non-hydrogen) atoms. The molecule has 0 radical (unpaired) electrons. The summed E-state index contributed by atoms with van der Waals surface area (Å²) in [6.07, 6.45) is 0.931. The van der Waals surface area contributed by atoms with Gasteiger partial charge in [0.1, 0.15) is 5.92 Å². The first-order valence-electron chi connectivity index (χ1n) is 10.5. The predicted octanol–water partition coefficient (Wildman–Crippen LogP) is 4.40. The topological polar surface area (TPSA) is 81.7 Å². The lowest BCUT2D eigenvalue weighted by Gasteiger charge is -2.38. The van der Waals surface area contributed by atoms with E-state index in [0.29, 0.717) is 29.7 Å². The van der Waals surface area contributed by atoms with Crippen molar-refractivity contribution in [2.75, 3.05) is 7.11 Å². The molecule has 0 saturated heterocycles. The van der Waals surface area contributed by atoms with Gasteiger partial charge in [0.05, 0.1) is 18.8 Å². The Balaban J connectivity index is 2.18. The fourth-order valence-corrected chi connectivity index (χ4v) is 4.81. The zero-order valence-corrected chi connectivity index (χ0v) is 20.0. The van der Waals surface area contributed by atoms with Gasteiger partial charge in [-0.2, -0.15) is 0 Å². The number of carbonyl (C=O) groups excluding carboxylic acids is 3. The molecule has 0 spiro atoms. The van der Waals surface area contributed by atoms with Gasteiger partial charge in [0, 0.05) is 27.4 Å². The standard InChI is InChI=1S/C24H28BrNO5/c1-6-13(3)31-24(29)19-14(4)26-17-11-12(2)18(23(28)30-5)22(27)21(17)20(19)15-9-7-8-10-16(15)25/h7-10,12-13,18,20,26H,6,11H2,1-5H3/t12-,13-,18-,20+/m1/s1. The monoisotopic (exact) mass is 489 g/mol. The van der Waals surface area contributed by atoms with Gasteiger partial charge in [0.2, 0.25) is 0 Å². The normalized spacial score (nSPS) is 24.3. The van der Waals surface area contributed by atoms with E-state index < -0.39 is 23.8 Å². The molecule has 2 aliphatic rings. The summed E-state index contributed by atoms with van der Waals surface area (Å²) in [5.41, 5.74) is 3.00. The second-order valence-electron chi connectivity index (χ2n) is 8.18. The lowest BCUT2D eigenvalue weighted by molar-refractivity contribution is -0.151. The summed E-state index contributed by atoms with van der Waals surface area (Å²) in [5.74, 6) is -3.09. The summed E-state index contributed by atoms with van der Waals surface area (Å²) in [7, 11) is 1.29. The summed E-state index contributed by atoms with van der Waals surface area (Å²) in [6.45, 7) is 7.46. The Morgan fingerprint density at radius 1 is 1.29 bits per heavy atom. The highest BCUT2D eigenvalue weighted by Gasteiger charge is 2.47. The molecule has 0 saturated carbocycles. The zero-order chi connectivity index (χ0) is 22.9. The number of ketones is 1. The molecule has 1 aliphatic heterocycles. The fraction of sp³-hybridized carbons (Fsp3) is 0.458. The van der Waals surface area contributed by atoms with Crippen LogP contribution in [-0.4, -0.2) is 30.9 Å². The summed E-state index contributed by atoms with van der Waals surface area (Å²) < 4.78 is 11.4. The molecule has 3 rings (SSSR count). The maximum atomic E-state index is 13.6. The van der Waals surface area contributed by atoms with Crippen LogP contribution in [-0.2, 0) is 23.9 Å². The number of halogens is 1. The largest absolute Gasteiger partial charge is 0.468 e. The van der Waals surface area contributed by atoms with Crippen LogP contribution in [0.2, 0.25) is 0 Å². The molecule has 0 aromatic heterocycles. The van der Waals surface area contributed by atoms with Crippen molar-refractivity contribution >= 4 is 33.7 Å². The van der Waals surface area contributed by atoms with Crippen LogP contribution in [0.25, 0.3) is 0 Å². The molecule has 166 valence electrons. The molecule has 1 aromatic carbocycles. The van der Waals surface area contributed by atoms with Crippen molar-refractivity contribution in [3.8, 4) is 0 Å². The Kier molecular flexibility index (Phi) is 7.04. The molecule has 7 heteroatoms. The number of esters is 2. The third-order valence-corrected chi connectivity index (χ3v) is 6.78. The number of methoxy groups -OCH3 is 1. The Morgan fingerprint density at radius 3 is 2.58 bits per heavy atom. The average molecular weight is 490 g/mol. The minimum Gasteiger partial charge on any atom is -0.468 e. The van der Waals surface area contributed by atoms with Gasteiger partial charge in [-0.3, -0.25) is 9.59 Å². The molecular weight excluding hydrogens is 462 g/mol. The Morgan fingerprint density at radius 2 is 1.97 bits per heavy atom. The third-order valence-electron chi connectivity index (χ3n) is 6.06. The van der Waals surface area contributed by atoms with Gasteiger partial charge in [0.25, 0.3) is 0 Å². The number of hydrogen-bond donors (Lipinski definition) is 1. The molecule has 1 heterocycles. The lowest BCUT2D eigenvalue weighted by Crippen LogP contribution is -2.43. The number of hydrogen-bond acceptors (Lipinski definition) is 6. The first-order chi connectivity index (χ1) is 14.7. The fourth-order valence-electron chi connectivity index (χ4n) is 4.30. The van der Waals surface area contributed by atoms with Gasteiger partial charge < -0.3 is 14.8 Å². The van der Waals surface area contributed by atoms with Crippen molar-refractivity contribution in [3.63, 3.8) is 0 Å². The average Bonchev–Trinajstić information content (AvgIpc) is 2.72. The number of Topliss-reactive ketones (excluding diaryl/α,β-unsaturated/α-hetero) is 1. The van der Waals surface area contributed by atoms with E-state index in [9.17, 15) is 14.4 Å². The van der Waals surface area contributed by atoms with Crippen LogP contribution < -0.4 is 5.32 Å². The summed E-state index contributed by atoms with van der Waals surface area (Å²) in [5, 5.41) is 3.27. The maximum Gasteiger partial charge on any atom is 0.337 e. The lowest BCUT2D eigenvalue weighted by atomic mass is 9.69. The van der Waals surface area contributed by atoms with E-state index in [0.717, 1.165) is 15.7 Å². The van der Waals surface area contributed by atoms with Crippen molar-refractivity contribution in [2.45, 2.75) is 52.6 Å². The number of allylic oxidation sites excluding steroid dienone is 3. The van der Waals surface area contributed by atoms with E-state index in [1.54, 1.807) is 0 Å². The first-order valence-corrected chi connectivity index (χ1v) is 11.3. The van der Waals surface area contributed by atoms with Gasteiger partial charge in [-0.1, -0.05) is 48.0 Å². The quantitative estimate of drug-likeness (QED) is 0.487. The molecule has 1 N–H and O–H groups in total. The van der Waals surface area contributed by atoms with Gasteiger partial charge in [-0.25, -0.2) is 4.79 Å². The van der Waals surface area contributed by atoms with Crippen LogP contribution in [0.4, 0.5) is 0 Å². The number of benzene rings is 1. The minimum atomic E-state index is -0.902. The van der Waals surface area contributed by atoms with Crippen molar-refractivity contribution in [3.05, 3.63) is 56.8 Å².